The summed E-state index contributed by atoms with van der Waals surface area (Å²) in [6.45, 7) is 2.49. The third kappa shape index (κ3) is 2.66. The van der Waals surface area contributed by atoms with Crippen LogP contribution in [0.3, 0.4) is 0 Å². The SMILES string of the molecule is CCNc1ccc([N+](C)(O)O)c([N+](=O)[O-])c1. The first-order chi connectivity index (χ1) is 7.36. The van der Waals surface area contributed by atoms with E-state index in [0.717, 1.165) is 7.05 Å². The Hall–Kier alpha value is -1.70. The molecule has 1 aromatic rings. The molecule has 0 unspecified atom stereocenters. The number of hydrogen-bond acceptors (Lipinski definition) is 5. The highest BCUT2D eigenvalue weighted by Gasteiger charge is 2.31. The first-order valence-corrected chi connectivity index (χ1v) is 4.71. The fourth-order valence-electron chi connectivity index (χ4n) is 1.34. The van der Waals surface area contributed by atoms with Crippen molar-refractivity contribution in [3.63, 3.8) is 0 Å². The van der Waals surface area contributed by atoms with Gasteiger partial charge in [0.1, 0.15) is 7.05 Å². The number of anilines is 1. The van der Waals surface area contributed by atoms with E-state index in [0.29, 0.717) is 12.2 Å². The maximum absolute atomic E-state index is 10.8. The van der Waals surface area contributed by atoms with Crippen LogP contribution in [-0.2, 0) is 0 Å². The Balaban J connectivity index is 3.25. The van der Waals surface area contributed by atoms with Gasteiger partial charge in [-0.3, -0.25) is 10.1 Å². The lowest BCUT2D eigenvalue weighted by molar-refractivity contribution is -0.389. The van der Waals surface area contributed by atoms with E-state index in [4.69, 9.17) is 0 Å². The van der Waals surface area contributed by atoms with Gasteiger partial charge in [0.2, 0.25) is 0 Å². The van der Waals surface area contributed by atoms with Crippen LogP contribution in [0.25, 0.3) is 0 Å². The molecule has 0 saturated heterocycles. The van der Waals surface area contributed by atoms with Gasteiger partial charge in [0, 0.05) is 24.4 Å². The molecule has 1 rings (SSSR count). The highest BCUT2D eigenvalue weighted by molar-refractivity contribution is 5.65. The van der Waals surface area contributed by atoms with E-state index in [2.05, 4.69) is 5.32 Å². The number of rotatable bonds is 4. The van der Waals surface area contributed by atoms with Crippen molar-refractivity contribution < 1.29 is 15.3 Å². The molecule has 0 amide bonds. The number of hydrogen-bond donors (Lipinski definition) is 3. The van der Waals surface area contributed by atoms with Gasteiger partial charge in [0.25, 0.3) is 5.69 Å². The Bertz CT molecular complexity index is 400. The topological polar surface area (TPSA) is 95.6 Å². The Morgan fingerprint density at radius 3 is 2.56 bits per heavy atom. The van der Waals surface area contributed by atoms with E-state index in [-0.39, 0.29) is 11.4 Å². The summed E-state index contributed by atoms with van der Waals surface area (Å²) in [6.07, 6.45) is 0. The zero-order valence-corrected chi connectivity index (χ0v) is 9.04. The van der Waals surface area contributed by atoms with Crippen LogP contribution in [0.2, 0.25) is 0 Å². The Labute approximate surface area is 92.2 Å². The van der Waals surface area contributed by atoms with E-state index in [1.165, 1.54) is 12.1 Å². The Morgan fingerprint density at radius 2 is 2.12 bits per heavy atom. The summed E-state index contributed by atoms with van der Waals surface area (Å²) < 4.78 is 0. The minimum Gasteiger partial charge on any atom is -0.385 e. The van der Waals surface area contributed by atoms with Crippen molar-refractivity contribution in [1.29, 1.82) is 0 Å². The molecule has 0 fully saturated rings. The fraction of sp³-hybridized carbons (Fsp3) is 0.333. The number of quaternary nitrogens is 1. The van der Waals surface area contributed by atoms with E-state index in [1.54, 1.807) is 6.07 Å². The van der Waals surface area contributed by atoms with Gasteiger partial charge < -0.3 is 5.32 Å². The van der Waals surface area contributed by atoms with Crippen LogP contribution in [0.5, 0.6) is 0 Å². The van der Waals surface area contributed by atoms with Crippen molar-refractivity contribution in [3.05, 3.63) is 28.3 Å². The first kappa shape index (κ1) is 12.4. The van der Waals surface area contributed by atoms with Crippen LogP contribution in [0, 0.1) is 10.1 Å². The zero-order valence-electron chi connectivity index (χ0n) is 9.04. The Kier molecular flexibility index (Phi) is 3.43. The standard InChI is InChI=1S/C9H14N3O4/c1-3-10-7-4-5-9(12(2,15)16)8(6-7)11(13)14/h4-6,10,15-16H,3H2,1-2H3/q+1. The van der Waals surface area contributed by atoms with Crippen molar-refractivity contribution in [2.45, 2.75) is 6.92 Å². The van der Waals surface area contributed by atoms with Gasteiger partial charge in [-0.2, -0.15) is 10.4 Å². The molecule has 7 heteroatoms. The van der Waals surface area contributed by atoms with Crippen LogP contribution in [-0.4, -0.2) is 28.9 Å². The zero-order chi connectivity index (χ0) is 12.3. The van der Waals surface area contributed by atoms with Crippen molar-refractivity contribution in [2.75, 3.05) is 18.9 Å². The van der Waals surface area contributed by atoms with Gasteiger partial charge in [-0.25, -0.2) is 0 Å². The second kappa shape index (κ2) is 4.44. The van der Waals surface area contributed by atoms with Gasteiger partial charge in [-0.1, -0.05) is 0 Å². The summed E-state index contributed by atoms with van der Waals surface area (Å²) in [7, 11) is 1.02. The average Bonchev–Trinajstić information content (AvgIpc) is 2.16. The summed E-state index contributed by atoms with van der Waals surface area (Å²) in [5.41, 5.74) is 0.0315. The molecule has 88 valence electrons. The summed E-state index contributed by atoms with van der Waals surface area (Å²) in [4.78, 5) is 8.55. The lowest BCUT2D eigenvalue weighted by Gasteiger charge is -2.15. The molecule has 1 aromatic carbocycles. The second-order valence-electron chi connectivity index (χ2n) is 3.40. The number of nitro groups is 1. The van der Waals surface area contributed by atoms with Gasteiger partial charge in [-0.15, -0.1) is 0 Å². The minimum atomic E-state index is -1.57. The molecule has 7 nitrogen and oxygen atoms in total. The summed E-state index contributed by atoms with van der Waals surface area (Å²) in [5.74, 6) is 0. The molecule has 16 heavy (non-hydrogen) atoms. The van der Waals surface area contributed by atoms with Crippen LogP contribution in [0.15, 0.2) is 18.2 Å². The third-order valence-electron chi connectivity index (χ3n) is 2.01. The monoisotopic (exact) mass is 228 g/mol. The van der Waals surface area contributed by atoms with Crippen LogP contribution in [0.1, 0.15) is 6.92 Å². The number of nitrogens with zero attached hydrogens (tertiary/aromatic N) is 2. The van der Waals surface area contributed by atoms with Gasteiger partial charge in [0.15, 0.2) is 0 Å². The smallest absolute Gasteiger partial charge is 0.337 e. The van der Waals surface area contributed by atoms with Crippen molar-refractivity contribution in [1.82, 2.24) is 4.81 Å². The molecular weight excluding hydrogens is 214 g/mol. The predicted octanol–water partition coefficient (Wildman–Crippen LogP) is 1.74. The molecule has 0 aliphatic heterocycles. The van der Waals surface area contributed by atoms with Gasteiger partial charge >= 0.3 is 5.69 Å². The van der Waals surface area contributed by atoms with E-state index < -0.39 is 9.73 Å². The highest BCUT2D eigenvalue weighted by Crippen LogP contribution is 2.32. The predicted molar refractivity (Wildman–Crippen MR) is 58.6 cm³/mol. The largest absolute Gasteiger partial charge is 0.385 e. The normalized spacial score (nSPS) is 11.2. The van der Waals surface area contributed by atoms with E-state index in [1.807, 2.05) is 6.92 Å². The maximum Gasteiger partial charge on any atom is 0.337 e. The van der Waals surface area contributed by atoms with Crippen LogP contribution < -0.4 is 10.1 Å². The van der Waals surface area contributed by atoms with Crippen molar-refractivity contribution >= 4 is 17.1 Å². The number of hydroxylamine groups is 2. The molecule has 0 saturated carbocycles. The molecule has 0 radical (unpaired) electrons. The molecule has 0 aliphatic carbocycles. The second-order valence-corrected chi connectivity index (χ2v) is 3.40. The van der Waals surface area contributed by atoms with Gasteiger partial charge in [-0.05, 0) is 17.8 Å². The number of benzene rings is 1. The molecule has 0 spiro atoms. The lowest BCUT2D eigenvalue weighted by Crippen LogP contribution is -2.37. The number of nitrogens with one attached hydrogen (secondary N) is 1. The van der Waals surface area contributed by atoms with E-state index in [9.17, 15) is 20.5 Å². The van der Waals surface area contributed by atoms with Crippen molar-refractivity contribution in [3.8, 4) is 0 Å². The van der Waals surface area contributed by atoms with Gasteiger partial charge in [0.05, 0.1) is 4.92 Å². The third-order valence-corrected chi connectivity index (χ3v) is 2.01. The summed E-state index contributed by atoms with van der Waals surface area (Å²) in [6, 6.07) is 4.12. The maximum atomic E-state index is 10.8. The highest BCUT2D eigenvalue weighted by atomic mass is 16.8. The van der Waals surface area contributed by atoms with Crippen molar-refractivity contribution in [2.24, 2.45) is 0 Å². The Morgan fingerprint density at radius 1 is 1.50 bits per heavy atom. The minimum absolute atomic E-state index is 0.188. The fourth-order valence-corrected chi connectivity index (χ4v) is 1.34. The molecule has 0 bridgehead atoms. The summed E-state index contributed by atoms with van der Waals surface area (Å²) >= 11 is 0. The first-order valence-electron chi connectivity index (χ1n) is 4.71. The molecular formula is C9H14N3O4+. The average molecular weight is 228 g/mol. The summed E-state index contributed by atoms with van der Waals surface area (Å²) in [5, 5.41) is 32.3. The number of nitro benzene ring substituents is 1. The molecule has 0 aliphatic rings. The molecule has 0 atom stereocenters. The molecule has 0 heterocycles. The van der Waals surface area contributed by atoms with Crippen LogP contribution >= 0.6 is 0 Å². The molecule has 0 aromatic heterocycles. The van der Waals surface area contributed by atoms with E-state index >= 15 is 0 Å². The van der Waals surface area contributed by atoms with Crippen LogP contribution in [0.4, 0.5) is 17.1 Å². The lowest BCUT2D eigenvalue weighted by atomic mass is 10.2. The molecule has 3 N–H and O–H groups in total. The quantitative estimate of drug-likeness (QED) is 0.414.